The zero-order valence-electron chi connectivity index (χ0n) is 11.4. The van der Waals surface area contributed by atoms with Crippen LogP contribution in [0.25, 0.3) is 11.0 Å². The van der Waals surface area contributed by atoms with Crippen molar-refractivity contribution >= 4 is 16.9 Å². The van der Waals surface area contributed by atoms with Crippen molar-refractivity contribution in [1.82, 2.24) is 14.5 Å². The van der Waals surface area contributed by atoms with Crippen LogP contribution in [0.2, 0.25) is 0 Å². The highest BCUT2D eigenvalue weighted by molar-refractivity contribution is 5.76. The maximum atomic E-state index is 5.33. The van der Waals surface area contributed by atoms with Crippen molar-refractivity contribution in [3.05, 3.63) is 54.0 Å². The van der Waals surface area contributed by atoms with Gasteiger partial charge in [0.25, 0.3) is 0 Å². The molecule has 102 valence electrons. The number of rotatable bonds is 4. The average molecular weight is 267 g/mol. The van der Waals surface area contributed by atoms with Crippen LogP contribution < -0.4 is 11.3 Å². The van der Waals surface area contributed by atoms with Gasteiger partial charge in [0.05, 0.1) is 17.6 Å². The lowest BCUT2D eigenvalue weighted by molar-refractivity contribution is 0.750. The predicted molar refractivity (Wildman–Crippen MR) is 80.3 cm³/mol. The maximum absolute atomic E-state index is 5.33. The van der Waals surface area contributed by atoms with E-state index >= 15 is 0 Å². The molecule has 0 bridgehead atoms. The number of hydrazine groups is 1. The first-order chi connectivity index (χ1) is 9.81. The van der Waals surface area contributed by atoms with Gasteiger partial charge in [-0.05, 0) is 23.8 Å². The molecule has 0 atom stereocenters. The maximum Gasteiger partial charge on any atom is 0.139 e. The van der Waals surface area contributed by atoms with Crippen LogP contribution in [-0.2, 0) is 13.0 Å². The van der Waals surface area contributed by atoms with Gasteiger partial charge in [0, 0.05) is 12.6 Å². The van der Waals surface area contributed by atoms with Crippen LogP contribution in [0.4, 0.5) is 5.82 Å². The minimum Gasteiger partial charge on any atom is -0.323 e. The molecule has 5 nitrogen and oxygen atoms in total. The van der Waals surface area contributed by atoms with Crippen LogP contribution in [0.3, 0.4) is 0 Å². The van der Waals surface area contributed by atoms with Crippen molar-refractivity contribution in [3.8, 4) is 0 Å². The summed E-state index contributed by atoms with van der Waals surface area (Å²) in [5, 5.41) is 0. The van der Waals surface area contributed by atoms with Gasteiger partial charge in [-0.3, -0.25) is 0 Å². The van der Waals surface area contributed by atoms with E-state index in [1.165, 1.54) is 0 Å². The third kappa shape index (κ3) is 2.23. The largest absolute Gasteiger partial charge is 0.323 e. The Morgan fingerprint density at radius 2 is 2.05 bits per heavy atom. The minimum atomic E-state index is 0.667. The van der Waals surface area contributed by atoms with Gasteiger partial charge in [0.1, 0.15) is 11.6 Å². The summed E-state index contributed by atoms with van der Waals surface area (Å²) in [5.41, 5.74) is 5.86. The molecule has 0 aliphatic heterocycles. The van der Waals surface area contributed by atoms with Crippen LogP contribution in [0.1, 0.15) is 18.3 Å². The Kier molecular flexibility index (Phi) is 3.35. The minimum absolute atomic E-state index is 0.667. The molecule has 0 fully saturated rings. The normalized spacial score (nSPS) is 10.9. The van der Waals surface area contributed by atoms with Gasteiger partial charge in [-0.15, -0.1) is 0 Å². The Balaban J connectivity index is 2.00. The number of nitrogens with one attached hydrogen (secondary N) is 1. The molecule has 1 aromatic carbocycles. The zero-order valence-corrected chi connectivity index (χ0v) is 11.4. The lowest BCUT2D eigenvalue weighted by atomic mass is 10.2. The highest BCUT2D eigenvalue weighted by Crippen LogP contribution is 2.18. The van der Waals surface area contributed by atoms with Gasteiger partial charge in [0.15, 0.2) is 0 Å². The SMILES string of the molecule is CCc1nc2ccccc2n1Cc1ccc(NN)nc1. The molecule has 20 heavy (non-hydrogen) atoms. The smallest absolute Gasteiger partial charge is 0.139 e. The Labute approximate surface area is 117 Å². The van der Waals surface area contributed by atoms with E-state index in [2.05, 4.69) is 33.0 Å². The molecule has 0 spiro atoms. The first-order valence-corrected chi connectivity index (χ1v) is 6.67. The van der Waals surface area contributed by atoms with E-state index in [9.17, 15) is 0 Å². The van der Waals surface area contributed by atoms with E-state index in [0.717, 1.165) is 35.4 Å². The van der Waals surface area contributed by atoms with Crippen LogP contribution in [0, 0.1) is 0 Å². The second-order valence-electron chi connectivity index (χ2n) is 4.65. The van der Waals surface area contributed by atoms with Gasteiger partial charge in [-0.1, -0.05) is 25.1 Å². The van der Waals surface area contributed by atoms with E-state index in [-0.39, 0.29) is 0 Å². The van der Waals surface area contributed by atoms with E-state index in [1.807, 2.05) is 36.5 Å². The van der Waals surface area contributed by atoms with Crippen molar-refractivity contribution in [2.45, 2.75) is 19.9 Å². The van der Waals surface area contributed by atoms with Crippen LogP contribution in [-0.4, -0.2) is 14.5 Å². The third-order valence-corrected chi connectivity index (χ3v) is 3.36. The van der Waals surface area contributed by atoms with Gasteiger partial charge < -0.3 is 9.99 Å². The molecule has 0 aliphatic rings. The third-order valence-electron chi connectivity index (χ3n) is 3.36. The number of anilines is 1. The number of nitrogens with two attached hydrogens (primary N) is 1. The first kappa shape index (κ1) is 12.6. The number of fused-ring (bicyclic) bond motifs is 1. The molecular formula is C15H17N5. The van der Waals surface area contributed by atoms with E-state index in [4.69, 9.17) is 5.84 Å². The number of hydrogen-bond donors (Lipinski definition) is 2. The lowest BCUT2D eigenvalue weighted by Crippen LogP contribution is -2.09. The predicted octanol–water partition coefficient (Wildman–Crippen LogP) is 2.33. The fourth-order valence-electron chi connectivity index (χ4n) is 2.36. The van der Waals surface area contributed by atoms with Crippen molar-refractivity contribution in [3.63, 3.8) is 0 Å². The monoisotopic (exact) mass is 267 g/mol. The van der Waals surface area contributed by atoms with Gasteiger partial charge >= 0.3 is 0 Å². The zero-order chi connectivity index (χ0) is 13.9. The number of nitrogens with zero attached hydrogens (tertiary/aromatic N) is 3. The average Bonchev–Trinajstić information content (AvgIpc) is 2.86. The lowest BCUT2D eigenvalue weighted by Gasteiger charge is -2.08. The van der Waals surface area contributed by atoms with Gasteiger partial charge in [0.2, 0.25) is 0 Å². The molecule has 2 heterocycles. The second kappa shape index (κ2) is 5.30. The van der Waals surface area contributed by atoms with E-state index in [1.54, 1.807) is 0 Å². The van der Waals surface area contributed by atoms with Crippen molar-refractivity contribution in [2.75, 3.05) is 5.43 Å². The highest BCUT2D eigenvalue weighted by Gasteiger charge is 2.09. The molecule has 0 amide bonds. The number of imidazole rings is 1. The van der Waals surface area contributed by atoms with Crippen LogP contribution in [0.5, 0.6) is 0 Å². The summed E-state index contributed by atoms with van der Waals surface area (Å²) in [4.78, 5) is 8.91. The van der Waals surface area contributed by atoms with Crippen molar-refractivity contribution in [1.29, 1.82) is 0 Å². The fraction of sp³-hybridized carbons (Fsp3) is 0.200. The summed E-state index contributed by atoms with van der Waals surface area (Å²) in [6.07, 6.45) is 2.74. The molecule has 2 aromatic heterocycles. The molecule has 0 aliphatic carbocycles. The molecule has 0 unspecified atom stereocenters. The standard InChI is InChI=1S/C15H17N5/c1-2-15-18-12-5-3-4-6-13(12)20(15)10-11-7-8-14(19-16)17-9-11/h3-9H,2,10,16H2,1H3,(H,17,19). The van der Waals surface area contributed by atoms with E-state index < -0.39 is 0 Å². The molecule has 5 heteroatoms. The number of benzene rings is 1. The fourth-order valence-corrected chi connectivity index (χ4v) is 2.36. The molecule has 3 rings (SSSR count). The second-order valence-corrected chi connectivity index (χ2v) is 4.65. The Bertz CT molecular complexity index is 715. The quantitative estimate of drug-likeness (QED) is 0.562. The van der Waals surface area contributed by atoms with Crippen LogP contribution in [0.15, 0.2) is 42.6 Å². The highest BCUT2D eigenvalue weighted by atomic mass is 15.2. The molecule has 3 N–H and O–H groups in total. The molecule has 3 aromatic rings. The first-order valence-electron chi connectivity index (χ1n) is 6.67. The Hall–Kier alpha value is -2.40. The summed E-state index contributed by atoms with van der Waals surface area (Å²) >= 11 is 0. The molecule has 0 radical (unpaired) electrons. The van der Waals surface area contributed by atoms with Crippen LogP contribution >= 0.6 is 0 Å². The van der Waals surface area contributed by atoms with E-state index in [0.29, 0.717) is 5.82 Å². The number of pyridine rings is 1. The summed E-state index contributed by atoms with van der Waals surface area (Å²) in [6, 6.07) is 12.1. The molecule has 0 saturated carbocycles. The number of para-hydroxylation sites is 2. The number of nitrogen functional groups attached to an aromatic ring is 1. The number of aromatic nitrogens is 3. The Morgan fingerprint density at radius 1 is 1.20 bits per heavy atom. The summed E-state index contributed by atoms with van der Waals surface area (Å²) in [6.45, 7) is 2.89. The van der Waals surface area contributed by atoms with Crippen molar-refractivity contribution < 1.29 is 0 Å². The summed E-state index contributed by atoms with van der Waals surface area (Å²) < 4.78 is 2.24. The van der Waals surface area contributed by atoms with Crippen molar-refractivity contribution in [2.24, 2.45) is 5.84 Å². The summed E-state index contributed by atoms with van der Waals surface area (Å²) in [5.74, 6) is 7.08. The Morgan fingerprint density at radius 3 is 2.75 bits per heavy atom. The topological polar surface area (TPSA) is 68.8 Å². The molecular weight excluding hydrogens is 250 g/mol. The number of aryl methyl sites for hydroxylation is 1. The van der Waals surface area contributed by atoms with Gasteiger partial charge in [-0.25, -0.2) is 15.8 Å². The van der Waals surface area contributed by atoms with Gasteiger partial charge in [-0.2, -0.15) is 0 Å². The number of hydrogen-bond acceptors (Lipinski definition) is 4. The molecule has 0 saturated heterocycles. The summed E-state index contributed by atoms with van der Waals surface area (Å²) in [7, 11) is 0.